The van der Waals surface area contributed by atoms with Crippen LogP contribution in [0.25, 0.3) is 22.8 Å². The zero-order valence-corrected chi connectivity index (χ0v) is 18.2. The van der Waals surface area contributed by atoms with Crippen molar-refractivity contribution in [3.63, 3.8) is 0 Å². The minimum atomic E-state index is 0.296. The van der Waals surface area contributed by atoms with E-state index < -0.39 is 0 Å². The fourth-order valence-electron chi connectivity index (χ4n) is 2.44. The lowest BCUT2D eigenvalue weighted by Gasteiger charge is -2.05. The quantitative estimate of drug-likeness (QED) is 0.288. The van der Waals surface area contributed by atoms with Crippen LogP contribution < -0.4 is 5.84 Å². The molecule has 4 rings (SSSR count). The second-order valence-corrected chi connectivity index (χ2v) is 8.34. The highest BCUT2D eigenvalue weighted by Gasteiger charge is 2.17. The van der Waals surface area contributed by atoms with Crippen LogP contribution in [0, 0.1) is 0 Å². The molecule has 0 atom stereocenters. The summed E-state index contributed by atoms with van der Waals surface area (Å²) in [7, 11) is 0. The minimum absolute atomic E-state index is 0.296. The highest BCUT2D eigenvalue weighted by atomic mass is 35.5. The first-order chi connectivity index (χ1) is 13.9. The van der Waals surface area contributed by atoms with Crippen molar-refractivity contribution in [2.75, 3.05) is 5.84 Å². The molecular weight excluding hydrogens is 478 g/mol. The summed E-state index contributed by atoms with van der Waals surface area (Å²) in [4.78, 5) is 0. The molecule has 0 bridgehead atoms. The van der Waals surface area contributed by atoms with Crippen LogP contribution >= 0.6 is 58.2 Å². The van der Waals surface area contributed by atoms with Crippen molar-refractivity contribution >= 4 is 58.2 Å². The van der Waals surface area contributed by atoms with Gasteiger partial charge in [0.05, 0.1) is 21.4 Å². The van der Waals surface area contributed by atoms with Crippen LogP contribution in [0.15, 0.2) is 46.0 Å². The number of thioether (sulfide) groups is 1. The van der Waals surface area contributed by atoms with Crippen LogP contribution in [0.4, 0.5) is 0 Å². The second kappa shape index (κ2) is 8.41. The Morgan fingerprint density at radius 1 is 0.862 bits per heavy atom. The van der Waals surface area contributed by atoms with Crippen LogP contribution in [0.5, 0.6) is 0 Å². The molecule has 0 spiro atoms. The summed E-state index contributed by atoms with van der Waals surface area (Å²) in [5.41, 5.74) is 1.22. The fraction of sp³-hybridized carbons (Fsp3) is 0.0588. The fourth-order valence-corrected chi connectivity index (χ4v) is 4.12. The first-order valence-electron chi connectivity index (χ1n) is 7.99. The highest BCUT2D eigenvalue weighted by molar-refractivity contribution is 7.98. The number of nitrogens with two attached hydrogens (primary N) is 1. The van der Waals surface area contributed by atoms with Crippen molar-refractivity contribution in [2.24, 2.45) is 0 Å². The Bertz CT molecular complexity index is 1190. The molecule has 0 saturated carbocycles. The Kier molecular flexibility index (Phi) is 5.89. The third-order valence-corrected chi connectivity index (χ3v) is 5.81. The van der Waals surface area contributed by atoms with E-state index in [1.807, 2.05) is 0 Å². The normalized spacial score (nSPS) is 11.2. The number of nitrogens with zero attached hydrogens (tertiary/aromatic N) is 5. The van der Waals surface area contributed by atoms with E-state index in [9.17, 15) is 0 Å². The smallest absolute Gasteiger partial charge is 0.249 e. The van der Waals surface area contributed by atoms with Gasteiger partial charge in [0.1, 0.15) is 0 Å². The molecule has 29 heavy (non-hydrogen) atoms. The van der Waals surface area contributed by atoms with Gasteiger partial charge < -0.3 is 10.3 Å². The lowest BCUT2D eigenvalue weighted by Crippen LogP contribution is -2.11. The highest BCUT2D eigenvalue weighted by Crippen LogP contribution is 2.32. The average Bonchev–Trinajstić information content (AvgIpc) is 3.27. The van der Waals surface area contributed by atoms with Gasteiger partial charge in [0, 0.05) is 15.6 Å². The van der Waals surface area contributed by atoms with Gasteiger partial charge in [-0.2, -0.15) is 0 Å². The van der Waals surface area contributed by atoms with Crippen LogP contribution in [0.2, 0.25) is 20.1 Å². The molecule has 0 aliphatic carbocycles. The predicted octanol–water partition coefficient (Wildman–Crippen LogP) is 5.61. The summed E-state index contributed by atoms with van der Waals surface area (Å²) in [6, 6.07) is 10.1. The first kappa shape index (κ1) is 20.3. The summed E-state index contributed by atoms with van der Waals surface area (Å²) in [6.45, 7) is 0. The van der Waals surface area contributed by atoms with Gasteiger partial charge in [0.15, 0.2) is 5.82 Å². The van der Waals surface area contributed by atoms with E-state index in [2.05, 4.69) is 20.4 Å². The molecule has 12 heteroatoms. The van der Waals surface area contributed by atoms with E-state index in [1.165, 1.54) is 16.4 Å². The van der Waals surface area contributed by atoms with Crippen molar-refractivity contribution in [2.45, 2.75) is 10.9 Å². The standard InChI is InChI=1S/C17H10Cl4N6OS/c18-8-1-3-10(12(20)5-8)15-24-26-17(27(15)22)29-7-14-23-25-16(28-14)11-4-2-9(19)6-13(11)21/h1-6H,7,22H2. The number of aromatic nitrogens is 5. The number of nitrogen functional groups attached to an aromatic ring is 1. The maximum Gasteiger partial charge on any atom is 0.249 e. The number of rotatable bonds is 5. The number of hydrogen-bond acceptors (Lipinski definition) is 7. The Morgan fingerprint density at radius 2 is 1.52 bits per heavy atom. The number of hydrogen-bond donors (Lipinski definition) is 1. The molecule has 4 aromatic rings. The van der Waals surface area contributed by atoms with Crippen molar-refractivity contribution in [1.29, 1.82) is 0 Å². The molecule has 0 unspecified atom stereocenters. The van der Waals surface area contributed by atoms with Gasteiger partial charge in [-0.1, -0.05) is 58.2 Å². The Balaban J connectivity index is 1.50. The number of benzene rings is 2. The molecule has 0 amide bonds. The lowest BCUT2D eigenvalue weighted by molar-refractivity contribution is 0.528. The van der Waals surface area contributed by atoms with Crippen LogP contribution in [-0.2, 0) is 5.75 Å². The van der Waals surface area contributed by atoms with Gasteiger partial charge >= 0.3 is 0 Å². The van der Waals surface area contributed by atoms with Gasteiger partial charge in [0.2, 0.25) is 16.9 Å². The summed E-state index contributed by atoms with van der Waals surface area (Å²) in [5, 5.41) is 18.6. The van der Waals surface area contributed by atoms with Crippen LogP contribution in [0.1, 0.15) is 5.89 Å². The lowest BCUT2D eigenvalue weighted by atomic mass is 10.2. The molecule has 0 fully saturated rings. The van der Waals surface area contributed by atoms with Gasteiger partial charge in [-0.05, 0) is 36.4 Å². The van der Waals surface area contributed by atoms with E-state index >= 15 is 0 Å². The van der Waals surface area contributed by atoms with E-state index in [4.69, 9.17) is 56.7 Å². The molecule has 0 saturated heterocycles. The molecule has 0 aliphatic rings. The maximum absolute atomic E-state index is 6.22. The summed E-state index contributed by atoms with van der Waals surface area (Å²) < 4.78 is 7.01. The Morgan fingerprint density at radius 3 is 2.17 bits per heavy atom. The molecular formula is C17H10Cl4N6OS. The predicted molar refractivity (Wildman–Crippen MR) is 115 cm³/mol. The van der Waals surface area contributed by atoms with Gasteiger partial charge in [-0.15, -0.1) is 20.4 Å². The van der Waals surface area contributed by atoms with E-state index in [0.717, 1.165) is 0 Å². The zero-order valence-electron chi connectivity index (χ0n) is 14.3. The van der Waals surface area contributed by atoms with Gasteiger partial charge in [0.25, 0.3) is 0 Å². The molecule has 7 nitrogen and oxygen atoms in total. The molecule has 0 aliphatic heterocycles. The third-order valence-electron chi connectivity index (χ3n) is 3.79. The summed E-state index contributed by atoms with van der Waals surface area (Å²) in [6.07, 6.45) is 0. The summed E-state index contributed by atoms with van der Waals surface area (Å²) >= 11 is 25.5. The topological polar surface area (TPSA) is 95.7 Å². The third kappa shape index (κ3) is 4.31. The van der Waals surface area contributed by atoms with Crippen molar-refractivity contribution in [3.8, 4) is 22.8 Å². The zero-order chi connectivity index (χ0) is 20.5. The van der Waals surface area contributed by atoms with Gasteiger partial charge in [-0.25, -0.2) is 4.68 Å². The second-order valence-electron chi connectivity index (χ2n) is 5.71. The Labute approximate surface area is 189 Å². The maximum atomic E-state index is 6.22. The van der Waals surface area contributed by atoms with Crippen LogP contribution in [-0.4, -0.2) is 25.1 Å². The van der Waals surface area contributed by atoms with E-state index in [1.54, 1.807) is 36.4 Å². The monoisotopic (exact) mass is 486 g/mol. The largest absolute Gasteiger partial charge is 0.420 e. The van der Waals surface area contributed by atoms with Crippen molar-refractivity contribution in [3.05, 3.63) is 62.4 Å². The molecule has 148 valence electrons. The minimum Gasteiger partial charge on any atom is -0.420 e. The molecule has 2 aromatic heterocycles. The summed E-state index contributed by atoms with van der Waals surface area (Å²) in [5.74, 6) is 7.54. The molecule has 2 heterocycles. The van der Waals surface area contributed by atoms with Crippen molar-refractivity contribution in [1.82, 2.24) is 25.1 Å². The van der Waals surface area contributed by atoms with Crippen LogP contribution in [0.3, 0.4) is 0 Å². The molecule has 2 N–H and O–H groups in total. The van der Waals surface area contributed by atoms with Gasteiger partial charge in [-0.3, -0.25) is 0 Å². The first-order valence-corrected chi connectivity index (χ1v) is 10.5. The van der Waals surface area contributed by atoms with Crippen molar-refractivity contribution < 1.29 is 4.42 Å². The molecule has 0 radical (unpaired) electrons. The number of halogens is 4. The SMILES string of the molecule is Nn1c(SCc2nnc(-c3ccc(Cl)cc3Cl)o2)nnc1-c1ccc(Cl)cc1Cl. The molecule has 2 aromatic carbocycles. The van der Waals surface area contributed by atoms with E-state index in [0.29, 0.717) is 59.7 Å². The average molecular weight is 488 g/mol. The van der Waals surface area contributed by atoms with E-state index in [-0.39, 0.29) is 0 Å². The Hall–Kier alpha value is -1.97.